The molecule has 1 aliphatic rings. The van der Waals surface area contributed by atoms with Gasteiger partial charge in [-0.2, -0.15) is 0 Å². The molecule has 4 nitrogen and oxygen atoms in total. The van der Waals surface area contributed by atoms with Gasteiger partial charge in [0.2, 0.25) is 0 Å². The number of likely N-dealkylation sites (N-methyl/N-ethyl adjacent to an activating group) is 1. The fourth-order valence-electron chi connectivity index (χ4n) is 2.46. The van der Waals surface area contributed by atoms with Crippen LogP contribution < -0.4 is 5.32 Å². The zero-order chi connectivity index (χ0) is 13.4. The number of aliphatic hydroxyl groups excluding tert-OH is 1. The van der Waals surface area contributed by atoms with Crippen molar-refractivity contribution in [1.82, 2.24) is 10.2 Å². The zero-order valence-electron chi connectivity index (χ0n) is 10.7. The van der Waals surface area contributed by atoms with E-state index in [9.17, 15) is 9.90 Å². The summed E-state index contributed by atoms with van der Waals surface area (Å²) in [5.41, 5.74) is 0. The molecule has 5 heteroatoms. The Hall–Kier alpha value is -1.43. The van der Waals surface area contributed by atoms with Crippen LogP contribution in [0, 0.1) is 0 Å². The van der Waals surface area contributed by atoms with E-state index in [1.165, 1.54) is 11.3 Å². The third kappa shape index (κ3) is 2.25. The molecule has 1 aromatic carbocycles. The molecule has 19 heavy (non-hydrogen) atoms. The van der Waals surface area contributed by atoms with Gasteiger partial charge in [-0.3, -0.25) is 4.79 Å². The third-order valence-electron chi connectivity index (χ3n) is 3.61. The first kappa shape index (κ1) is 12.6. The molecule has 1 aliphatic heterocycles. The molecule has 1 saturated heterocycles. The van der Waals surface area contributed by atoms with E-state index >= 15 is 0 Å². The molecule has 100 valence electrons. The first-order chi connectivity index (χ1) is 9.16. The van der Waals surface area contributed by atoms with Crippen LogP contribution in [0.15, 0.2) is 30.3 Å². The van der Waals surface area contributed by atoms with Crippen molar-refractivity contribution in [3.8, 4) is 0 Å². The molecule has 1 aromatic heterocycles. The Balaban J connectivity index is 1.86. The zero-order valence-corrected chi connectivity index (χ0v) is 11.5. The Labute approximate surface area is 115 Å². The molecule has 0 radical (unpaired) electrons. The highest BCUT2D eigenvalue weighted by Gasteiger charge is 2.32. The Bertz CT molecular complexity index is 577. The minimum absolute atomic E-state index is 0.0195. The number of nitrogens with zero attached hydrogens (tertiary/aromatic N) is 1. The summed E-state index contributed by atoms with van der Waals surface area (Å²) in [6.45, 7) is 1.20. The van der Waals surface area contributed by atoms with Crippen LogP contribution in [0.4, 0.5) is 0 Å². The number of amides is 1. The van der Waals surface area contributed by atoms with Crippen LogP contribution in [-0.2, 0) is 0 Å². The second-order valence-electron chi connectivity index (χ2n) is 4.86. The van der Waals surface area contributed by atoms with E-state index < -0.39 is 6.10 Å². The van der Waals surface area contributed by atoms with Gasteiger partial charge >= 0.3 is 0 Å². The van der Waals surface area contributed by atoms with E-state index in [1.54, 1.807) is 11.9 Å². The number of β-amino-alcohol motifs (C(OH)–C–C–N with tert-alkyl or cyclic N) is 1. The topological polar surface area (TPSA) is 52.6 Å². The molecular weight excluding hydrogens is 260 g/mol. The van der Waals surface area contributed by atoms with E-state index in [1.807, 2.05) is 30.3 Å². The first-order valence-corrected chi connectivity index (χ1v) is 7.13. The average Bonchev–Trinajstić information content (AvgIpc) is 3.02. The average molecular weight is 276 g/mol. The number of carbonyl (C=O) groups excluding carboxylic acids is 1. The second kappa shape index (κ2) is 4.92. The molecule has 0 aliphatic carbocycles. The summed E-state index contributed by atoms with van der Waals surface area (Å²) in [5, 5.41) is 14.0. The summed E-state index contributed by atoms with van der Waals surface area (Å²) in [5.74, 6) is -0.0195. The van der Waals surface area contributed by atoms with E-state index in [4.69, 9.17) is 0 Å². The van der Waals surface area contributed by atoms with E-state index in [0.29, 0.717) is 13.1 Å². The van der Waals surface area contributed by atoms with Gasteiger partial charge in [0.05, 0.1) is 17.0 Å². The summed E-state index contributed by atoms with van der Waals surface area (Å²) in [4.78, 5) is 14.8. The van der Waals surface area contributed by atoms with Gasteiger partial charge < -0.3 is 15.3 Å². The van der Waals surface area contributed by atoms with Crippen molar-refractivity contribution in [2.45, 2.75) is 12.1 Å². The monoisotopic (exact) mass is 276 g/mol. The van der Waals surface area contributed by atoms with Gasteiger partial charge in [-0.05, 0) is 17.5 Å². The molecule has 0 bridgehead atoms. The number of hydrogen-bond acceptors (Lipinski definition) is 4. The maximum atomic E-state index is 12.4. The molecule has 0 unspecified atom stereocenters. The van der Waals surface area contributed by atoms with Crippen molar-refractivity contribution < 1.29 is 9.90 Å². The third-order valence-corrected chi connectivity index (χ3v) is 4.71. The SMILES string of the molecule is CN(C(=O)c1cc2ccccc2s1)[C@H]1CNC[C@@H]1O. The van der Waals surface area contributed by atoms with Crippen LogP contribution in [0.1, 0.15) is 9.67 Å². The summed E-state index contributed by atoms with van der Waals surface area (Å²) in [6.07, 6.45) is -0.483. The van der Waals surface area contributed by atoms with E-state index in [2.05, 4.69) is 5.32 Å². The van der Waals surface area contributed by atoms with Gasteiger partial charge in [0.1, 0.15) is 0 Å². The highest BCUT2D eigenvalue weighted by Crippen LogP contribution is 2.26. The highest BCUT2D eigenvalue weighted by molar-refractivity contribution is 7.20. The van der Waals surface area contributed by atoms with Crippen LogP contribution in [0.5, 0.6) is 0 Å². The fraction of sp³-hybridized carbons (Fsp3) is 0.357. The lowest BCUT2D eigenvalue weighted by molar-refractivity contribution is 0.0585. The van der Waals surface area contributed by atoms with Crippen molar-refractivity contribution in [3.63, 3.8) is 0 Å². The molecule has 2 atom stereocenters. The number of hydrogen-bond donors (Lipinski definition) is 2. The first-order valence-electron chi connectivity index (χ1n) is 6.31. The maximum Gasteiger partial charge on any atom is 0.264 e. The van der Waals surface area contributed by atoms with E-state index in [-0.39, 0.29) is 11.9 Å². The second-order valence-corrected chi connectivity index (χ2v) is 5.94. The minimum atomic E-state index is -0.483. The lowest BCUT2D eigenvalue weighted by Gasteiger charge is -2.25. The predicted octanol–water partition coefficient (Wildman–Crippen LogP) is 1.31. The van der Waals surface area contributed by atoms with E-state index in [0.717, 1.165) is 15.0 Å². The summed E-state index contributed by atoms with van der Waals surface area (Å²) >= 11 is 1.50. The Morgan fingerprint density at radius 3 is 2.89 bits per heavy atom. The molecule has 2 heterocycles. The number of carbonyl (C=O) groups is 1. The fourth-order valence-corrected chi connectivity index (χ4v) is 3.50. The molecule has 1 amide bonds. The van der Waals surface area contributed by atoms with Crippen LogP contribution in [0.25, 0.3) is 10.1 Å². The largest absolute Gasteiger partial charge is 0.390 e. The van der Waals surface area contributed by atoms with Gasteiger partial charge in [-0.15, -0.1) is 11.3 Å². The standard InChI is InChI=1S/C14H16N2O2S/c1-16(10-7-15-8-11(10)17)14(18)13-6-9-4-2-3-5-12(9)19-13/h2-6,10-11,15,17H,7-8H2,1H3/t10-,11-/m0/s1. The van der Waals surface area contributed by atoms with Gasteiger partial charge in [-0.1, -0.05) is 18.2 Å². The number of nitrogens with one attached hydrogen (secondary N) is 1. The van der Waals surface area contributed by atoms with Crippen LogP contribution in [0.3, 0.4) is 0 Å². The quantitative estimate of drug-likeness (QED) is 0.869. The van der Waals surface area contributed by atoms with Crippen molar-refractivity contribution >= 4 is 27.3 Å². The predicted molar refractivity (Wildman–Crippen MR) is 76.6 cm³/mol. The molecule has 0 saturated carbocycles. The van der Waals surface area contributed by atoms with Gasteiger partial charge in [0, 0.05) is 24.8 Å². The van der Waals surface area contributed by atoms with Crippen molar-refractivity contribution in [2.75, 3.05) is 20.1 Å². The molecule has 3 rings (SSSR count). The van der Waals surface area contributed by atoms with Crippen molar-refractivity contribution in [3.05, 3.63) is 35.2 Å². The normalized spacial score (nSPS) is 22.8. The number of fused-ring (bicyclic) bond motifs is 1. The van der Waals surface area contributed by atoms with Crippen LogP contribution in [-0.4, -0.2) is 48.2 Å². The Kier molecular flexibility index (Phi) is 3.26. The van der Waals surface area contributed by atoms with Crippen LogP contribution in [0.2, 0.25) is 0 Å². The number of aliphatic hydroxyl groups is 1. The summed E-state index contributed by atoms with van der Waals surface area (Å²) in [6, 6.07) is 9.75. The smallest absolute Gasteiger partial charge is 0.264 e. The number of rotatable bonds is 2. The minimum Gasteiger partial charge on any atom is -0.390 e. The van der Waals surface area contributed by atoms with Gasteiger partial charge in [-0.25, -0.2) is 0 Å². The molecule has 1 fully saturated rings. The van der Waals surface area contributed by atoms with Gasteiger partial charge in [0.25, 0.3) is 5.91 Å². The molecule has 2 N–H and O–H groups in total. The Morgan fingerprint density at radius 1 is 1.42 bits per heavy atom. The lowest BCUT2D eigenvalue weighted by atomic mass is 10.2. The Morgan fingerprint density at radius 2 is 2.21 bits per heavy atom. The molecule has 2 aromatic rings. The summed E-state index contributed by atoms with van der Waals surface area (Å²) < 4.78 is 1.12. The highest BCUT2D eigenvalue weighted by atomic mass is 32.1. The molecule has 0 spiro atoms. The van der Waals surface area contributed by atoms with Crippen molar-refractivity contribution in [2.24, 2.45) is 0 Å². The van der Waals surface area contributed by atoms with Gasteiger partial charge in [0.15, 0.2) is 0 Å². The number of benzene rings is 1. The maximum absolute atomic E-state index is 12.4. The summed E-state index contributed by atoms with van der Waals surface area (Å²) in [7, 11) is 1.76. The molecular formula is C14H16N2O2S. The number of thiophene rings is 1. The van der Waals surface area contributed by atoms with Crippen molar-refractivity contribution in [1.29, 1.82) is 0 Å². The van der Waals surface area contributed by atoms with Crippen LogP contribution >= 0.6 is 11.3 Å². The lowest BCUT2D eigenvalue weighted by Crippen LogP contribution is -2.44.